The molecular weight excluding hydrogens is 354 g/mol. The number of rotatable bonds is 4. The lowest BCUT2D eigenvalue weighted by atomic mass is 10.1. The zero-order valence-corrected chi connectivity index (χ0v) is 15.4. The van der Waals surface area contributed by atoms with Crippen LogP contribution in [0.25, 0.3) is 10.2 Å². The minimum atomic E-state index is -0.123. The SMILES string of the molecule is Cc1c(C(=O)N2CCNC(=O)C2)sc2ncnc(NCC3CCCO3)c12. The van der Waals surface area contributed by atoms with Crippen LogP contribution in [0.5, 0.6) is 0 Å². The number of aryl methyl sites for hydroxylation is 1. The number of nitrogens with one attached hydrogen (secondary N) is 2. The number of anilines is 1. The van der Waals surface area contributed by atoms with Crippen LogP contribution in [0.3, 0.4) is 0 Å². The van der Waals surface area contributed by atoms with Gasteiger partial charge in [0.1, 0.15) is 17.0 Å². The van der Waals surface area contributed by atoms with Gasteiger partial charge >= 0.3 is 0 Å². The zero-order chi connectivity index (χ0) is 18.1. The molecular formula is C17H21N5O3S. The predicted molar refractivity (Wildman–Crippen MR) is 98.5 cm³/mol. The summed E-state index contributed by atoms with van der Waals surface area (Å²) in [5.74, 6) is 0.488. The van der Waals surface area contributed by atoms with Crippen LogP contribution < -0.4 is 10.6 Å². The van der Waals surface area contributed by atoms with E-state index in [4.69, 9.17) is 4.74 Å². The summed E-state index contributed by atoms with van der Waals surface area (Å²) in [4.78, 5) is 36.1. The molecule has 1 atom stereocenters. The molecule has 0 aliphatic carbocycles. The molecule has 9 heteroatoms. The summed E-state index contributed by atoms with van der Waals surface area (Å²) < 4.78 is 5.65. The Morgan fingerprint density at radius 1 is 1.50 bits per heavy atom. The van der Waals surface area contributed by atoms with Gasteiger partial charge in [-0.1, -0.05) is 0 Å². The fourth-order valence-corrected chi connectivity index (χ4v) is 4.50. The second-order valence-corrected chi connectivity index (χ2v) is 7.55. The van der Waals surface area contributed by atoms with Gasteiger partial charge in [-0.3, -0.25) is 9.59 Å². The number of thiophene rings is 1. The highest BCUT2D eigenvalue weighted by Crippen LogP contribution is 2.34. The van der Waals surface area contributed by atoms with Gasteiger partial charge in [0.05, 0.1) is 22.9 Å². The molecule has 2 amide bonds. The summed E-state index contributed by atoms with van der Waals surface area (Å²) in [6.45, 7) is 4.53. The summed E-state index contributed by atoms with van der Waals surface area (Å²) in [5, 5.41) is 6.96. The largest absolute Gasteiger partial charge is 0.376 e. The first kappa shape index (κ1) is 17.2. The zero-order valence-electron chi connectivity index (χ0n) is 14.6. The topological polar surface area (TPSA) is 96.5 Å². The van der Waals surface area contributed by atoms with Crippen LogP contribution in [0, 0.1) is 6.92 Å². The van der Waals surface area contributed by atoms with Gasteiger partial charge in [0, 0.05) is 26.2 Å². The van der Waals surface area contributed by atoms with Gasteiger partial charge in [-0.25, -0.2) is 9.97 Å². The Balaban J connectivity index is 1.60. The molecule has 2 aliphatic rings. The Kier molecular flexibility index (Phi) is 4.73. The molecule has 138 valence electrons. The average molecular weight is 375 g/mol. The van der Waals surface area contributed by atoms with Crippen molar-refractivity contribution in [2.24, 2.45) is 0 Å². The van der Waals surface area contributed by atoms with Crippen LogP contribution in [0.15, 0.2) is 6.33 Å². The number of piperazine rings is 1. The molecule has 2 N–H and O–H groups in total. The second-order valence-electron chi connectivity index (χ2n) is 6.55. The fraction of sp³-hybridized carbons (Fsp3) is 0.529. The Labute approximate surface area is 154 Å². The molecule has 2 fully saturated rings. The number of amides is 2. The van der Waals surface area contributed by atoms with E-state index in [0.717, 1.165) is 41.0 Å². The normalized spacial score (nSPS) is 20.4. The third kappa shape index (κ3) is 3.24. The van der Waals surface area contributed by atoms with Gasteiger partial charge in [-0.15, -0.1) is 11.3 Å². The van der Waals surface area contributed by atoms with Gasteiger partial charge in [0.15, 0.2) is 0 Å². The van der Waals surface area contributed by atoms with E-state index in [0.29, 0.717) is 24.5 Å². The number of nitrogens with zero attached hydrogens (tertiary/aromatic N) is 3. The van der Waals surface area contributed by atoms with Crippen molar-refractivity contribution in [3.63, 3.8) is 0 Å². The van der Waals surface area contributed by atoms with E-state index in [9.17, 15) is 9.59 Å². The van der Waals surface area contributed by atoms with Crippen molar-refractivity contribution in [2.75, 3.05) is 38.1 Å². The quantitative estimate of drug-likeness (QED) is 0.833. The van der Waals surface area contributed by atoms with Crippen LogP contribution in [0.2, 0.25) is 0 Å². The highest BCUT2D eigenvalue weighted by atomic mass is 32.1. The number of carbonyl (C=O) groups is 2. The third-order valence-corrected chi connectivity index (χ3v) is 5.96. The summed E-state index contributed by atoms with van der Waals surface area (Å²) in [5.41, 5.74) is 0.858. The molecule has 4 rings (SSSR count). The molecule has 0 spiro atoms. The monoisotopic (exact) mass is 375 g/mol. The van der Waals surface area contributed by atoms with Gasteiger partial charge in [-0.05, 0) is 25.3 Å². The lowest BCUT2D eigenvalue weighted by molar-refractivity contribution is -0.123. The fourth-order valence-electron chi connectivity index (χ4n) is 3.38. The van der Waals surface area contributed by atoms with Gasteiger partial charge in [0.2, 0.25) is 5.91 Å². The average Bonchev–Trinajstić information content (AvgIpc) is 3.28. The molecule has 2 aromatic rings. The maximum absolute atomic E-state index is 12.9. The molecule has 1 unspecified atom stereocenters. The van der Waals surface area contributed by atoms with E-state index in [2.05, 4.69) is 20.6 Å². The van der Waals surface area contributed by atoms with Gasteiger partial charge < -0.3 is 20.3 Å². The van der Waals surface area contributed by atoms with E-state index in [1.54, 1.807) is 4.90 Å². The first-order valence-electron chi connectivity index (χ1n) is 8.79. The van der Waals surface area contributed by atoms with E-state index in [-0.39, 0.29) is 24.5 Å². The van der Waals surface area contributed by atoms with Gasteiger partial charge in [0.25, 0.3) is 5.91 Å². The van der Waals surface area contributed by atoms with Crippen LogP contribution in [0.1, 0.15) is 28.1 Å². The highest BCUT2D eigenvalue weighted by Gasteiger charge is 2.27. The van der Waals surface area contributed by atoms with Crippen molar-refractivity contribution >= 4 is 39.2 Å². The minimum Gasteiger partial charge on any atom is -0.376 e. The summed E-state index contributed by atoms with van der Waals surface area (Å²) >= 11 is 1.35. The Bertz CT molecular complexity index is 846. The molecule has 2 aliphatic heterocycles. The second kappa shape index (κ2) is 7.16. The summed E-state index contributed by atoms with van der Waals surface area (Å²) in [7, 11) is 0. The van der Waals surface area contributed by atoms with Crippen LogP contribution >= 0.6 is 11.3 Å². The van der Waals surface area contributed by atoms with E-state index >= 15 is 0 Å². The lowest BCUT2D eigenvalue weighted by Crippen LogP contribution is -2.49. The molecule has 4 heterocycles. The lowest BCUT2D eigenvalue weighted by Gasteiger charge is -2.26. The number of aromatic nitrogens is 2. The highest BCUT2D eigenvalue weighted by molar-refractivity contribution is 7.20. The molecule has 8 nitrogen and oxygen atoms in total. The Morgan fingerprint density at radius 2 is 2.38 bits per heavy atom. The predicted octanol–water partition coefficient (Wildman–Crippen LogP) is 1.16. The van der Waals surface area contributed by atoms with Crippen molar-refractivity contribution < 1.29 is 14.3 Å². The van der Waals surface area contributed by atoms with Crippen LogP contribution in [-0.2, 0) is 9.53 Å². The van der Waals surface area contributed by atoms with Crippen molar-refractivity contribution in [3.05, 3.63) is 16.8 Å². The number of hydrogen-bond acceptors (Lipinski definition) is 7. The first-order valence-corrected chi connectivity index (χ1v) is 9.60. The maximum Gasteiger partial charge on any atom is 0.264 e. The van der Waals surface area contributed by atoms with Crippen LogP contribution in [-0.4, -0.2) is 65.6 Å². The van der Waals surface area contributed by atoms with Crippen LogP contribution in [0.4, 0.5) is 5.82 Å². The number of ether oxygens (including phenoxy) is 1. The van der Waals surface area contributed by atoms with E-state index in [1.807, 2.05) is 6.92 Å². The molecule has 26 heavy (non-hydrogen) atoms. The summed E-state index contributed by atoms with van der Waals surface area (Å²) in [6, 6.07) is 0. The Morgan fingerprint density at radius 3 is 3.15 bits per heavy atom. The molecule has 2 saturated heterocycles. The summed E-state index contributed by atoms with van der Waals surface area (Å²) in [6.07, 6.45) is 3.85. The van der Waals surface area contributed by atoms with Crippen molar-refractivity contribution in [2.45, 2.75) is 25.9 Å². The standard InChI is InChI=1S/C17H21N5O3S/c1-10-13-15(19-7-11-3-2-6-25-11)20-9-21-16(13)26-14(10)17(24)22-5-4-18-12(23)8-22/h9,11H,2-8H2,1H3,(H,18,23)(H,19,20,21). The van der Waals surface area contributed by atoms with E-state index < -0.39 is 0 Å². The number of carbonyl (C=O) groups excluding carboxylic acids is 2. The van der Waals surface area contributed by atoms with Crippen molar-refractivity contribution in [1.82, 2.24) is 20.2 Å². The molecule has 2 aromatic heterocycles. The van der Waals surface area contributed by atoms with Crippen molar-refractivity contribution in [3.8, 4) is 0 Å². The number of hydrogen-bond donors (Lipinski definition) is 2. The first-order chi connectivity index (χ1) is 12.6. The maximum atomic E-state index is 12.9. The smallest absolute Gasteiger partial charge is 0.264 e. The third-order valence-electron chi connectivity index (χ3n) is 4.77. The molecule has 0 aromatic carbocycles. The Hall–Kier alpha value is -2.26. The minimum absolute atomic E-state index is 0.0995. The van der Waals surface area contributed by atoms with E-state index in [1.165, 1.54) is 17.7 Å². The number of fused-ring (bicyclic) bond motifs is 1. The van der Waals surface area contributed by atoms with Gasteiger partial charge in [-0.2, -0.15) is 0 Å². The molecule has 0 bridgehead atoms. The molecule has 0 radical (unpaired) electrons. The molecule has 0 saturated carbocycles. The van der Waals surface area contributed by atoms with Crippen molar-refractivity contribution in [1.29, 1.82) is 0 Å².